The number of hydrogen-bond donors (Lipinski definition) is 0. The van der Waals surface area contributed by atoms with E-state index in [0.717, 1.165) is 12.5 Å². The van der Waals surface area contributed by atoms with E-state index in [1.54, 1.807) is 0 Å². The highest BCUT2D eigenvalue weighted by atomic mass is 35.5. The summed E-state index contributed by atoms with van der Waals surface area (Å²) >= 11 is 6.12. The van der Waals surface area contributed by atoms with Crippen molar-refractivity contribution in [2.45, 2.75) is 25.1 Å². The second-order valence-electron chi connectivity index (χ2n) is 4.16. The van der Waals surface area contributed by atoms with Gasteiger partial charge in [-0.1, -0.05) is 6.92 Å². The standard InChI is InChI=1S/C9H16ClN/c1-7-4-11(6-9(7)10)5-8-2-3-8/h7-9H,2-6H2,1H3. The van der Waals surface area contributed by atoms with Crippen LogP contribution >= 0.6 is 11.6 Å². The average molecular weight is 174 g/mol. The van der Waals surface area contributed by atoms with E-state index >= 15 is 0 Å². The van der Waals surface area contributed by atoms with Crippen molar-refractivity contribution >= 4 is 11.6 Å². The van der Waals surface area contributed by atoms with E-state index in [9.17, 15) is 0 Å². The Morgan fingerprint density at radius 3 is 2.55 bits per heavy atom. The molecule has 0 amide bonds. The third-order valence-electron chi connectivity index (χ3n) is 2.81. The summed E-state index contributed by atoms with van der Waals surface area (Å²) in [5.41, 5.74) is 0. The largest absolute Gasteiger partial charge is 0.301 e. The van der Waals surface area contributed by atoms with E-state index in [4.69, 9.17) is 11.6 Å². The minimum atomic E-state index is 0.411. The van der Waals surface area contributed by atoms with Crippen molar-refractivity contribution in [3.63, 3.8) is 0 Å². The van der Waals surface area contributed by atoms with Crippen LogP contribution in [0.25, 0.3) is 0 Å². The summed E-state index contributed by atoms with van der Waals surface area (Å²) in [7, 11) is 0. The van der Waals surface area contributed by atoms with Gasteiger partial charge in [0.15, 0.2) is 0 Å². The van der Waals surface area contributed by atoms with Gasteiger partial charge in [-0.3, -0.25) is 0 Å². The molecule has 0 aromatic heterocycles. The molecule has 64 valence electrons. The predicted molar refractivity (Wildman–Crippen MR) is 48.0 cm³/mol. The van der Waals surface area contributed by atoms with Crippen LogP contribution in [0.15, 0.2) is 0 Å². The van der Waals surface area contributed by atoms with Crippen LogP contribution in [0.5, 0.6) is 0 Å². The van der Waals surface area contributed by atoms with Crippen molar-refractivity contribution in [3.05, 3.63) is 0 Å². The second-order valence-corrected chi connectivity index (χ2v) is 4.72. The van der Waals surface area contributed by atoms with Gasteiger partial charge < -0.3 is 4.90 Å². The molecule has 0 aromatic rings. The van der Waals surface area contributed by atoms with E-state index in [-0.39, 0.29) is 0 Å². The third-order valence-corrected chi connectivity index (χ3v) is 3.38. The SMILES string of the molecule is CC1CN(CC2CC2)CC1Cl. The molecule has 1 saturated carbocycles. The first kappa shape index (κ1) is 7.88. The van der Waals surface area contributed by atoms with Crippen LogP contribution in [0.2, 0.25) is 0 Å². The zero-order valence-corrected chi connectivity index (χ0v) is 7.85. The van der Waals surface area contributed by atoms with Crippen LogP contribution in [-0.4, -0.2) is 29.9 Å². The van der Waals surface area contributed by atoms with Gasteiger partial charge >= 0.3 is 0 Å². The van der Waals surface area contributed by atoms with E-state index in [1.807, 2.05) is 0 Å². The lowest BCUT2D eigenvalue weighted by atomic mass is 10.2. The van der Waals surface area contributed by atoms with E-state index in [2.05, 4.69) is 11.8 Å². The van der Waals surface area contributed by atoms with E-state index in [0.29, 0.717) is 11.3 Å². The van der Waals surface area contributed by atoms with Gasteiger partial charge in [0, 0.05) is 19.6 Å². The molecular formula is C9H16ClN. The Balaban J connectivity index is 1.78. The van der Waals surface area contributed by atoms with Gasteiger partial charge in [-0.2, -0.15) is 0 Å². The van der Waals surface area contributed by atoms with Gasteiger partial charge in [-0.05, 0) is 24.7 Å². The zero-order chi connectivity index (χ0) is 7.84. The summed E-state index contributed by atoms with van der Waals surface area (Å²) in [6.07, 6.45) is 2.91. The van der Waals surface area contributed by atoms with E-state index < -0.39 is 0 Å². The zero-order valence-electron chi connectivity index (χ0n) is 7.09. The topological polar surface area (TPSA) is 3.24 Å². The lowest BCUT2D eigenvalue weighted by Gasteiger charge is -2.13. The Kier molecular flexibility index (Phi) is 2.11. The molecule has 1 aliphatic carbocycles. The molecule has 2 atom stereocenters. The van der Waals surface area contributed by atoms with Crippen molar-refractivity contribution in [2.24, 2.45) is 11.8 Å². The van der Waals surface area contributed by atoms with Crippen molar-refractivity contribution in [2.75, 3.05) is 19.6 Å². The summed E-state index contributed by atoms with van der Waals surface area (Å²) in [6, 6.07) is 0. The minimum absolute atomic E-state index is 0.411. The molecule has 2 fully saturated rings. The van der Waals surface area contributed by atoms with Crippen molar-refractivity contribution in [1.82, 2.24) is 4.90 Å². The molecule has 11 heavy (non-hydrogen) atoms. The summed E-state index contributed by atoms with van der Waals surface area (Å²) < 4.78 is 0. The fraction of sp³-hybridized carbons (Fsp3) is 1.00. The molecule has 0 aromatic carbocycles. The van der Waals surface area contributed by atoms with Gasteiger partial charge in [0.1, 0.15) is 0 Å². The average Bonchev–Trinajstić information content (AvgIpc) is 2.65. The number of alkyl halides is 1. The lowest BCUT2D eigenvalue weighted by Crippen LogP contribution is -2.23. The summed E-state index contributed by atoms with van der Waals surface area (Å²) in [5, 5.41) is 0.411. The molecule has 2 rings (SSSR count). The second kappa shape index (κ2) is 2.95. The number of nitrogens with zero attached hydrogens (tertiary/aromatic N) is 1. The molecule has 1 heterocycles. The highest BCUT2D eigenvalue weighted by Crippen LogP contribution is 2.32. The minimum Gasteiger partial charge on any atom is -0.301 e. The van der Waals surface area contributed by atoms with Crippen LogP contribution in [-0.2, 0) is 0 Å². The number of halogens is 1. The summed E-state index contributed by atoms with van der Waals surface area (Å²) in [6.45, 7) is 5.92. The Labute approximate surface area is 73.7 Å². The maximum absolute atomic E-state index is 6.12. The van der Waals surface area contributed by atoms with Crippen LogP contribution in [0.3, 0.4) is 0 Å². The summed E-state index contributed by atoms with van der Waals surface area (Å²) in [4.78, 5) is 2.53. The molecule has 2 heteroatoms. The normalized spacial score (nSPS) is 39.8. The van der Waals surface area contributed by atoms with Crippen LogP contribution in [0.1, 0.15) is 19.8 Å². The number of likely N-dealkylation sites (tertiary alicyclic amines) is 1. The number of hydrogen-bond acceptors (Lipinski definition) is 1. The van der Waals surface area contributed by atoms with Crippen molar-refractivity contribution in [1.29, 1.82) is 0 Å². The van der Waals surface area contributed by atoms with E-state index in [1.165, 1.54) is 25.9 Å². The van der Waals surface area contributed by atoms with Gasteiger partial charge in [0.25, 0.3) is 0 Å². The quantitative estimate of drug-likeness (QED) is 0.578. The van der Waals surface area contributed by atoms with Crippen molar-refractivity contribution in [3.8, 4) is 0 Å². The molecule has 0 bridgehead atoms. The fourth-order valence-electron chi connectivity index (χ4n) is 1.84. The molecule has 1 saturated heterocycles. The Morgan fingerprint density at radius 1 is 1.36 bits per heavy atom. The maximum atomic E-state index is 6.12. The van der Waals surface area contributed by atoms with Crippen LogP contribution in [0.4, 0.5) is 0 Å². The first-order valence-electron chi connectivity index (χ1n) is 4.62. The maximum Gasteiger partial charge on any atom is 0.0500 e. The first-order chi connectivity index (χ1) is 5.25. The molecule has 2 aliphatic rings. The van der Waals surface area contributed by atoms with Gasteiger partial charge in [0.2, 0.25) is 0 Å². The monoisotopic (exact) mass is 173 g/mol. The van der Waals surface area contributed by atoms with Gasteiger partial charge in [0.05, 0.1) is 5.38 Å². The van der Waals surface area contributed by atoms with Crippen molar-refractivity contribution < 1.29 is 0 Å². The predicted octanol–water partition coefficient (Wildman–Crippen LogP) is 1.96. The molecule has 1 nitrogen and oxygen atoms in total. The van der Waals surface area contributed by atoms with Gasteiger partial charge in [-0.25, -0.2) is 0 Å². The Bertz CT molecular complexity index is 132. The third kappa shape index (κ3) is 1.88. The Hall–Kier alpha value is 0.250. The first-order valence-corrected chi connectivity index (χ1v) is 5.06. The fourth-order valence-corrected chi connectivity index (χ4v) is 2.11. The van der Waals surface area contributed by atoms with Crippen LogP contribution < -0.4 is 0 Å². The Morgan fingerprint density at radius 2 is 2.09 bits per heavy atom. The summed E-state index contributed by atoms with van der Waals surface area (Å²) in [5.74, 6) is 1.72. The van der Waals surface area contributed by atoms with Crippen LogP contribution in [0, 0.1) is 11.8 Å². The van der Waals surface area contributed by atoms with Gasteiger partial charge in [-0.15, -0.1) is 11.6 Å². The molecular weight excluding hydrogens is 158 g/mol. The number of rotatable bonds is 2. The molecule has 0 N–H and O–H groups in total. The molecule has 0 radical (unpaired) electrons. The molecule has 0 spiro atoms. The molecule has 1 aliphatic heterocycles. The molecule has 2 unspecified atom stereocenters. The lowest BCUT2D eigenvalue weighted by molar-refractivity contribution is 0.314. The highest BCUT2D eigenvalue weighted by molar-refractivity contribution is 6.21. The highest BCUT2D eigenvalue weighted by Gasteiger charge is 2.31. The smallest absolute Gasteiger partial charge is 0.0500 e.